The van der Waals surface area contributed by atoms with Crippen LogP contribution < -0.4 is 10.6 Å². The van der Waals surface area contributed by atoms with E-state index in [0.29, 0.717) is 11.7 Å². The van der Waals surface area contributed by atoms with Gasteiger partial charge in [0, 0.05) is 30.7 Å². The summed E-state index contributed by atoms with van der Waals surface area (Å²) in [6, 6.07) is 11.2. The van der Waals surface area contributed by atoms with Crippen LogP contribution in [0.1, 0.15) is 47.8 Å². The summed E-state index contributed by atoms with van der Waals surface area (Å²) in [5.74, 6) is -0.300. The van der Waals surface area contributed by atoms with Crippen molar-refractivity contribution in [1.82, 2.24) is 30.6 Å². The summed E-state index contributed by atoms with van der Waals surface area (Å²) >= 11 is 0. The minimum atomic E-state index is -0.300. The van der Waals surface area contributed by atoms with E-state index in [1.54, 1.807) is 10.9 Å². The second kappa shape index (κ2) is 9.11. The normalized spacial score (nSPS) is 19.3. The number of aliphatic hydroxyl groups is 1. The number of aromatic nitrogens is 4. The van der Waals surface area contributed by atoms with Crippen LogP contribution in [-0.2, 0) is 6.54 Å². The van der Waals surface area contributed by atoms with Gasteiger partial charge in [-0.05, 0) is 43.4 Å². The Balaban J connectivity index is 1.27. The van der Waals surface area contributed by atoms with E-state index in [-0.39, 0.29) is 25.1 Å². The third-order valence-electron chi connectivity index (χ3n) is 5.48. The topological polar surface area (TPSA) is 105 Å². The Bertz CT molecular complexity index is 964. The molecule has 0 bridgehead atoms. The van der Waals surface area contributed by atoms with Crippen molar-refractivity contribution >= 4 is 16.8 Å². The Morgan fingerprint density at radius 3 is 2.90 bits per heavy atom. The maximum absolute atomic E-state index is 11.9. The molecular formula is C21H26N6O2. The summed E-state index contributed by atoms with van der Waals surface area (Å²) in [6.07, 6.45) is 7.64. The van der Waals surface area contributed by atoms with Crippen molar-refractivity contribution in [2.24, 2.45) is 0 Å². The minimum absolute atomic E-state index is 0.0907. The molecule has 3 N–H and O–H groups in total. The van der Waals surface area contributed by atoms with Crippen molar-refractivity contribution in [2.45, 2.75) is 44.3 Å². The predicted molar refractivity (Wildman–Crippen MR) is 109 cm³/mol. The Morgan fingerprint density at radius 1 is 1.21 bits per heavy atom. The number of nitrogens with one attached hydrogen (secondary N) is 2. The summed E-state index contributed by atoms with van der Waals surface area (Å²) in [5.41, 5.74) is 2.57. The first-order valence-electron chi connectivity index (χ1n) is 10.1. The molecule has 1 aliphatic carbocycles. The van der Waals surface area contributed by atoms with Crippen molar-refractivity contribution in [3.05, 3.63) is 54.0 Å². The van der Waals surface area contributed by atoms with Crippen molar-refractivity contribution in [2.75, 3.05) is 13.2 Å². The van der Waals surface area contributed by atoms with E-state index in [0.717, 1.165) is 43.1 Å². The maximum Gasteiger partial charge on any atom is 0.273 e. The number of amides is 1. The number of rotatable bonds is 7. The third-order valence-corrected chi connectivity index (χ3v) is 5.48. The predicted octanol–water partition coefficient (Wildman–Crippen LogP) is 1.82. The zero-order chi connectivity index (χ0) is 20.1. The SMILES string of the molecule is O=C(NCCO)c1cn(C2CCC(NCc3ccc4cccnc4c3)CC2)nn1. The van der Waals surface area contributed by atoms with Gasteiger partial charge in [-0.3, -0.25) is 9.78 Å². The van der Waals surface area contributed by atoms with Gasteiger partial charge in [-0.15, -0.1) is 5.10 Å². The molecule has 29 heavy (non-hydrogen) atoms. The molecule has 8 nitrogen and oxygen atoms in total. The van der Waals surface area contributed by atoms with Gasteiger partial charge in [-0.1, -0.05) is 23.4 Å². The van der Waals surface area contributed by atoms with Crippen LogP contribution in [0.4, 0.5) is 0 Å². The lowest BCUT2D eigenvalue weighted by Crippen LogP contribution is -2.33. The highest BCUT2D eigenvalue weighted by atomic mass is 16.3. The average Bonchev–Trinajstić information content (AvgIpc) is 3.27. The molecule has 0 saturated heterocycles. The quantitative estimate of drug-likeness (QED) is 0.565. The molecule has 3 aromatic rings. The fourth-order valence-electron chi connectivity index (χ4n) is 3.85. The molecule has 8 heteroatoms. The van der Waals surface area contributed by atoms with Crippen LogP contribution in [0, 0.1) is 0 Å². The molecule has 0 spiro atoms. The first kappa shape index (κ1) is 19.5. The van der Waals surface area contributed by atoms with Crippen LogP contribution in [0.2, 0.25) is 0 Å². The van der Waals surface area contributed by atoms with Crippen molar-refractivity contribution in [1.29, 1.82) is 0 Å². The number of benzene rings is 1. The summed E-state index contributed by atoms with van der Waals surface area (Å²) in [4.78, 5) is 16.3. The highest BCUT2D eigenvalue weighted by Gasteiger charge is 2.24. The van der Waals surface area contributed by atoms with Crippen molar-refractivity contribution < 1.29 is 9.90 Å². The van der Waals surface area contributed by atoms with E-state index in [9.17, 15) is 4.79 Å². The molecule has 1 fully saturated rings. The zero-order valence-corrected chi connectivity index (χ0v) is 16.3. The Labute approximate surface area is 169 Å². The van der Waals surface area contributed by atoms with Gasteiger partial charge in [0.15, 0.2) is 5.69 Å². The smallest absolute Gasteiger partial charge is 0.273 e. The van der Waals surface area contributed by atoms with Gasteiger partial charge in [0.05, 0.1) is 24.4 Å². The Kier molecular flexibility index (Phi) is 6.12. The van der Waals surface area contributed by atoms with Gasteiger partial charge in [0.1, 0.15) is 0 Å². The molecular weight excluding hydrogens is 368 g/mol. The van der Waals surface area contributed by atoms with E-state index >= 15 is 0 Å². The number of hydrogen-bond acceptors (Lipinski definition) is 6. The number of aliphatic hydroxyl groups excluding tert-OH is 1. The second-order valence-corrected chi connectivity index (χ2v) is 7.48. The zero-order valence-electron chi connectivity index (χ0n) is 16.3. The minimum Gasteiger partial charge on any atom is -0.395 e. The Hall–Kier alpha value is -2.84. The van der Waals surface area contributed by atoms with E-state index in [2.05, 4.69) is 50.2 Å². The van der Waals surface area contributed by atoms with Crippen LogP contribution in [0.25, 0.3) is 10.9 Å². The summed E-state index contributed by atoms with van der Waals surface area (Å²) in [6.45, 7) is 0.961. The maximum atomic E-state index is 11.9. The molecule has 2 aromatic heterocycles. The molecule has 4 rings (SSSR count). The molecule has 0 aliphatic heterocycles. The number of nitrogens with zero attached hydrogens (tertiary/aromatic N) is 4. The number of pyridine rings is 1. The molecule has 1 aromatic carbocycles. The molecule has 1 amide bonds. The van der Waals surface area contributed by atoms with E-state index in [1.807, 2.05) is 12.3 Å². The Morgan fingerprint density at radius 2 is 2.07 bits per heavy atom. The molecule has 0 radical (unpaired) electrons. The summed E-state index contributed by atoms with van der Waals surface area (Å²) in [7, 11) is 0. The summed E-state index contributed by atoms with van der Waals surface area (Å²) in [5, 5.41) is 24.3. The van der Waals surface area contributed by atoms with E-state index in [1.165, 1.54) is 5.56 Å². The van der Waals surface area contributed by atoms with Gasteiger partial charge in [-0.2, -0.15) is 0 Å². The first-order valence-corrected chi connectivity index (χ1v) is 10.1. The lowest BCUT2D eigenvalue weighted by Gasteiger charge is -2.29. The fraction of sp³-hybridized carbons (Fsp3) is 0.429. The monoisotopic (exact) mass is 394 g/mol. The van der Waals surface area contributed by atoms with Crippen LogP contribution in [-0.4, -0.2) is 50.2 Å². The van der Waals surface area contributed by atoms with E-state index in [4.69, 9.17) is 5.11 Å². The molecule has 0 unspecified atom stereocenters. The molecule has 0 atom stereocenters. The highest BCUT2D eigenvalue weighted by Crippen LogP contribution is 2.28. The number of carbonyl (C=O) groups is 1. The van der Waals surface area contributed by atoms with Crippen LogP contribution >= 0.6 is 0 Å². The van der Waals surface area contributed by atoms with Gasteiger partial charge < -0.3 is 15.7 Å². The van der Waals surface area contributed by atoms with Crippen molar-refractivity contribution in [3.63, 3.8) is 0 Å². The van der Waals surface area contributed by atoms with Gasteiger partial charge in [-0.25, -0.2) is 4.68 Å². The standard InChI is InChI=1S/C21H26N6O2/c28-11-10-23-21(29)20-14-27(26-25-20)18-7-5-17(6-8-18)24-13-15-3-4-16-2-1-9-22-19(16)12-15/h1-4,9,12,14,17-18,24,28H,5-8,10-11,13H2,(H,23,29). The van der Waals surface area contributed by atoms with Gasteiger partial charge in [0.25, 0.3) is 5.91 Å². The molecule has 152 valence electrons. The largest absolute Gasteiger partial charge is 0.395 e. The fourth-order valence-corrected chi connectivity index (χ4v) is 3.85. The van der Waals surface area contributed by atoms with Crippen LogP contribution in [0.15, 0.2) is 42.7 Å². The van der Waals surface area contributed by atoms with Crippen LogP contribution in [0.3, 0.4) is 0 Å². The van der Waals surface area contributed by atoms with Gasteiger partial charge in [0.2, 0.25) is 0 Å². The molecule has 2 heterocycles. The summed E-state index contributed by atoms with van der Waals surface area (Å²) < 4.78 is 1.80. The van der Waals surface area contributed by atoms with E-state index < -0.39 is 0 Å². The average molecular weight is 394 g/mol. The number of hydrogen-bond donors (Lipinski definition) is 3. The number of carbonyl (C=O) groups excluding carboxylic acids is 1. The molecule has 1 aliphatic rings. The second-order valence-electron chi connectivity index (χ2n) is 7.48. The van der Waals surface area contributed by atoms with Crippen LogP contribution in [0.5, 0.6) is 0 Å². The van der Waals surface area contributed by atoms with Gasteiger partial charge >= 0.3 is 0 Å². The van der Waals surface area contributed by atoms with Crippen molar-refractivity contribution in [3.8, 4) is 0 Å². The highest BCUT2D eigenvalue weighted by molar-refractivity contribution is 5.91. The number of fused-ring (bicyclic) bond motifs is 1. The lowest BCUT2D eigenvalue weighted by atomic mass is 9.91. The lowest BCUT2D eigenvalue weighted by molar-refractivity contribution is 0.0939. The molecule has 1 saturated carbocycles. The third kappa shape index (κ3) is 4.78. The first-order chi connectivity index (χ1) is 14.2.